The molecule has 1 amide bonds. The van der Waals surface area contributed by atoms with E-state index in [4.69, 9.17) is 16.3 Å². The summed E-state index contributed by atoms with van der Waals surface area (Å²) in [4.78, 5) is 14.3. The van der Waals surface area contributed by atoms with Gasteiger partial charge in [-0.15, -0.1) is 0 Å². The minimum absolute atomic E-state index is 0.0217. The van der Waals surface area contributed by atoms with Crippen LogP contribution in [0.15, 0.2) is 35.4 Å². The van der Waals surface area contributed by atoms with Crippen LogP contribution < -0.4 is 9.46 Å². The average Bonchev–Trinajstić information content (AvgIpc) is 3.01. The van der Waals surface area contributed by atoms with Gasteiger partial charge in [-0.3, -0.25) is 9.52 Å². The largest absolute Gasteiger partial charge is 0.495 e. The summed E-state index contributed by atoms with van der Waals surface area (Å²) in [5.41, 5.74) is 0.600. The number of halogens is 1. The van der Waals surface area contributed by atoms with Crippen LogP contribution in [0.25, 0.3) is 0 Å². The fraction of sp³-hybridized carbons (Fsp3) is 0.353. The first-order chi connectivity index (χ1) is 12.2. The molecule has 0 saturated carbocycles. The maximum absolute atomic E-state index is 12.8. The number of carbonyl (C=O) groups excluding carboxylic acids is 1. The van der Waals surface area contributed by atoms with E-state index in [0.717, 1.165) is 0 Å². The molecule has 1 N–H and O–H groups in total. The van der Waals surface area contributed by atoms with Crippen molar-refractivity contribution < 1.29 is 17.9 Å². The van der Waals surface area contributed by atoms with Crippen molar-refractivity contribution in [3.8, 4) is 5.75 Å². The molecule has 0 fully saturated rings. The number of carbonyl (C=O) groups is 1. The van der Waals surface area contributed by atoms with E-state index in [-0.39, 0.29) is 22.5 Å². The summed E-state index contributed by atoms with van der Waals surface area (Å²) in [5.74, 6) is 0.178. The quantitative estimate of drug-likeness (QED) is 0.841. The van der Waals surface area contributed by atoms with Crippen molar-refractivity contribution in [3.05, 3.63) is 41.2 Å². The average molecular weight is 398 g/mol. The van der Waals surface area contributed by atoms with Gasteiger partial charge >= 0.3 is 0 Å². The monoisotopic (exact) mass is 397 g/mol. The van der Waals surface area contributed by atoms with Gasteiger partial charge in [0.05, 0.1) is 12.8 Å². The van der Waals surface area contributed by atoms with Crippen LogP contribution in [0.3, 0.4) is 0 Å². The van der Waals surface area contributed by atoms with Gasteiger partial charge in [-0.2, -0.15) is 0 Å². The number of ether oxygens (including phenoxy) is 1. The van der Waals surface area contributed by atoms with Gasteiger partial charge in [0.25, 0.3) is 15.9 Å². The Morgan fingerprint density at radius 2 is 1.96 bits per heavy atom. The molecule has 1 aromatic heterocycles. The summed E-state index contributed by atoms with van der Waals surface area (Å²) in [6, 6.07) is 6.11. The van der Waals surface area contributed by atoms with Crippen LogP contribution in [-0.4, -0.2) is 43.5 Å². The number of anilines is 1. The smallest absolute Gasteiger partial charge is 0.270 e. The van der Waals surface area contributed by atoms with Crippen LogP contribution in [0.5, 0.6) is 5.75 Å². The molecular formula is C17H20ClN3O4S. The summed E-state index contributed by atoms with van der Waals surface area (Å²) < 4.78 is 34.9. The van der Waals surface area contributed by atoms with Crippen molar-refractivity contribution in [2.45, 2.75) is 31.3 Å². The summed E-state index contributed by atoms with van der Waals surface area (Å²) in [6.07, 6.45) is 1.48. The lowest BCUT2D eigenvalue weighted by Crippen LogP contribution is -2.43. The second-order valence-corrected chi connectivity index (χ2v) is 8.42. The van der Waals surface area contributed by atoms with E-state index in [1.165, 1.54) is 25.4 Å². The third-order valence-electron chi connectivity index (χ3n) is 4.27. The Labute approximate surface area is 157 Å². The van der Waals surface area contributed by atoms with Crippen LogP contribution in [-0.2, 0) is 16.6 Å². The van der Waals surface area contributed by atoms with Crippen LogP contribution in [0.4, 0.5) is 5.69 Å². The molecule has 7 nitrogen and oxygen atoms in total. The number of fused-ring (bicyclic) bond motifs is 1. The molecule has 0 radical (unpaired) electrons. The number of hydrogen-bond donors (Lipinski definition) is 1. The van der Waals surface area contributed by atoms with Gasteiger partial charge < -0.3 is 14.2 Å². The maximum Gasteiger partial charge on any atom is 0.270 e. The Bertz CT molecular complexity index is 953. The first-order valence-electron chi connectivity index (χ1n) is 8.10. The summed E-state index contributed by atoms with van der Waals surface area (Å²) in [6.45, 7) is 4.96. The second-order valence-electron chi connectivity index (χ2n) is 6.30. The van der Waals surface area contributed by atoms with Crippen molar-refractivity contribution >= 4 is 33.2 Å². The van der Waals surface area contributed by atoms with E-state index in [1.54, 1.807) is 21.6 Å². The lowest BCUT2D eigenvalue weighted by molar-refractivity contribution is 0.0649. The topological polar surface area (TPSA) is 80.6 Å². The molecule has 9 heteroatoms. The van der Waals surface area contributed by atoms with Gasteiger partial charge in [-0.05, 0) is 38.1 Å². The number of nitrogens with one attached hydrogen (secondary N) is 1. The molecule has 0 atom stereocenters. The predicted octanol–water partition coefficient (Wildman–Crippen LogP) is 2.82. The Hall–Kier alpha value is -2.19. The highest BCUT2D eigenvalue weighted by Crippen LogP contribution is 2.30. The van der Waals surface area contributed by atoms with E-state index < -0.39 is 10.0 Å². The number of methoxy groups -OCH3 is 1. The Kier molecular flexibility index (Phi) is 4.90. The minimum Gasteiger partial charge on any atom is -0.495 e. The Morgan fingerprint density at radius 1 is 1.23 bits per heavy atom. The number of hydrogen-bond acceptors (Lipinski definition) is 4. The number of rotatable bonds is 5. The van der Waals surface area contributed by atoms with Gasteiger partial charge in [0.1, 0.15) is 16.3 Å². The molecule has 0 aliphatic carbocycles. The fourth-order valence-electron chi connectivity index (χ4n) is 2.92. The molecule has 0 unspecified atom stereocenters. The van der Waals surface area contributed by atoms with Gasteiger partial charge in [0.2, 0.25) is 0 Å². The standard InChI is InChI=1S/C17H20ClN3O4S/c1-11(2)21-7-6-20-10-13(9-15(20)17(21)22)26(23,24)19-14-8-12(18)4-5-16(14)25-3/h4-5,8-11,19H,6-7H2,1-3H3. The first-order valence-corrected chi connectivity index (χ1v) is 9.96. The van der Waals surface area contributed by atoms with E-state index >= 15 is 0 Å². The lowest BCUT2D eigenvalue weighted by Gasteiger charge is -2.31. The Balaban J connectivity index is 1.94. The molecule has 140 valence electrons. The SMILES string of the molecule is COc1ccc(Cl)cc1NS(=O)(=O)c1cc2n(c1)CCN(C(C)C)C2=O. The van der Waals surface area contributed by atoms with Crippen LogP contribution in [0.2, 0.25) is 5.02 Å². The minimum atomic E-state index is -3.90. The predicted molar refractivity (Wildman–Crippen MR) is 99.4 cm³/mol. The van der Waals surface area contributed by atoms with Crippen molar-refractivity contribution in [2.24, 2.45) is 0 Å². The van der Waals surface area contributed by atoms with Gasteiger partial charge in [0.15, 0.2) is 0 Å². The van der Waals surface area contributed by atoms with Crippen LogP contribution >= 0.6 is 11.6 Å². The molecule has 26 heavy (non-hydrogen) atoms. The number of benzene rings is 1. The van der Waals surface area contributed by atoms with Gasteiger partial charge in [-0.1, -0.05) is 11.6 Å². The molecule has 0 bridgehead atoms. The number of amides is 1. The fourth-order valence-corrected chi connectivity index (χ4v) is 4.19. The number of nitrogens with zero attached hydrogens (tertiary/aromatic N) is 2. The van der Waals surface area contributed by atoms with Crippen LogP contribution in [0, 0.1) is 0 Å². The summed E-state index contributed by atoms with van der Waals surface area (Å²) >= 11 is 5.95. The highest BCUT2D eigenvalue weighted by molar-refractivity contribution is 7.92. The molecule has 2 aromatic rings. The summed E-state index contributed by atoms with van der Waals surface area (Å²) in [5, 5.41) is 0.377. The highest BCUT2D eigenvalue weighted by atomic mass is 35.5. The van der Waals surface area contributed by atoms with E-state index in [0.29, 0.717) is 29.6 Å². The molecule has 1 aliphatic heterocycles. The molecule has 1 aliphatic rings. The highest BCUT2D eigenvalue weighted by Gasteiger charge is 2.29. The number of sulfonamides is 1. The first kappa shape index (κ1) is 18.6. The van der Waals surface area contributed by atoms with E-state index in [1.807, 2.05) is 13.8 Å². The Morgan fingerprint density at radius 3 is 2.62 bits per heavy atom. The normalized spacial score (nSPS) is 14.5. The lowest BCUT2D eigenvalue weighted by atomic mass is 10.2. The summed E-state index contributed by atoms with van der Waals surface area (Å²) in [7, 11) is -2.46. The third kappa shape index (κ3) is 3.39. The molecule has 0 spiro atoms. The van der Waals surface area contributed by atoms with Crippen molar-refractivity contribution in [1.29, 1.82) is 0 Å². The van der Waals surface area contributed by atoms with Gasteiger partial charge in [0, 0.05) is 30.4 Å². The molecule has 2 heterocycles. The zero-order valence-corrected chi connectivity index (χ0v) is 16.3. The van der Waals surface area contributed by atoms with E-state index in [9.17, 15) is 13.2 Å². The van der Waals surface area contributed by atoms with Crippen molar-refractivity contribution in [2.75, 3.05) is 18.4 Å². The molecular weight excluding hydrogens is 378 g/mol. The van der Waals surface area contributed by atoms with Crippen LogP contribution in [0.1, 0.15) is 24.3 Å². The second kappa shape index (κ2) is 6.85. The number of aromatic nitrogens is 1. The molecule has 3 rings (SSSR count). The van der Waals surface area contributed by atoms with Gasteiger partial charge in [-0.25, -0.2) is 8.42 Å². The zero-order chi connectivity index (χ0) is 19.1. The van der Waals surface area contributed by atoms with Crippen molar-refractivity contribution in [3.63, 3.8) is 0 Å². The zero-order valence-electron chi connectivity index (χ0n) is 14.7. The third-order valence-corrected chi connectivity index (χ3v) is 5.84. The molecule has 0 saturated heterocycles. The van der Waals surface area contributed by atoms with E-state index in [2.05, 4.69) is 4.72 Å². The van der Waals surface area contributed by atoms with Crippen molar-refractivity contribution in [1.82, 2.24) is 9.47 Å². The maximum atomic E-state index is 12.8. The molecule has 1 aromatic carbocycles.